The van der Waals surface area contributed by atoms with Gasteiger partial charge in [-0.25, -0.2) is 4.79 Å². The molecule has 0 N–H and O–H groups in total. The summed E-state index contributed by atoms with van der Waals surface area (Å²) in [7, 11) is 1.58. The van der Waals surface area contributed by atoms with Gasteiger partial charge in [-0.05, 0) is 26.7 Å². The quantitative estimate of drug-likeness (QED) is 0.677. The molecule has 0 rings (SSSR count). The SMILES string of the molecule is CC(C)[C@H](C=O)N(C)C(=O)OC(C)(C)C. The highest BCUT2D eigenvalue weighted by molar-refractivity contribution is 5.73. The molecule has 0 aliphatic carbocycles. The van der Waals surface area contributed by atoms with Crippen LogP contribution in [0.4, 0.5) is 4.79 Å². The van der Waals surface area contributed by atoms with Crippen LogP contribution < -0.4 is 0 Å². The number of likely N-dealkylation sites (N-methyl/N-ethyl adjacent to an activating group) is 1. The first-order valence-corrected chi connectivity index (χ1v) is 5.10. The standard InChI is InChI=1S/C11H21NO3/c1-8(2)9(7-13)12(6)10(14)15-11(3,4)5/h7-9H,1-6H3/t9-/m0/s1. The number of carbonyl (C=O) groups excluding carboxylic acids is 2. The molecule has 1 amide bonds. The Morgan fingerprint density at radius 1 is 1.33 bits per heavy atom. The highest BCUT2D eigenvalue weighted by Crippen LogP contribution is 2.13. The van der Waals surface area contributed by atoms with Gasteiger partial charge in [-0.1, -0.05) is 13.8 Å². The number of hydrogen-bond acceptors (Lipinski definition) is 3. The maximum absolute atomic E-state index is 11.6. The third-order valence-corrected chi connectivity index (χ3v) is 1.95. The normalized spacial score (nSPS) is 13.5. The Kier molecular flexibility index (Phi) is 4.78. The first-order chi connectivity index (χ1) is 6.69. The predicted molar refractivity (Wildman–Crippen MR) is 58.7 cm³/mol. The molecule has 0 saturated carbocycles. The molecular weight excluding hydrogens is 194 g/mol. The van der Waals surface area contributed by atoms with Crippen molar-refractivity contribution >= 4 is 12.4 Å². The van der Waals surface area contributed by atoms with Crippen molar-refractivity contribution in [2.24, 2.45) is 5.92 Å². The second-order valence-corrected chi connectivity index (χ2v) is 4.96. The molecular formula is C11H21NO3. The van der Waals surface area contributed by atoms with Crippen molar-refractivity contribution in [2.45, 2.75) is 46.3 Å². The first-order valence-electron chi connectivity index (χ1n) is 5.10. The van der Waals surface area contributed by atoms with E-state index < -0.39 is 17.7 Å². The zero-order chi connectivity index (χ0) is 12.2. The summed E-state index contributed by atoms with van der Waals surface area (Å²) < 4.78 is 5.16. The van der Waals surface area contributed by atoms with Crippen LogP contribution in [0.2, 0.25) is 0 Å². The van der Waals surface area contributed by atoms with E-state index in [4.69, 9.17) is 4.74 Å². The van der Waals surface area contributed by atoms with Crippen LogP contribution in [0.15, 0.2) is 0 Å². The maximum Gasteiger partial charge on any atom is 0.410 e. The van der Waals surface area contributed by atoms with Gasteiger partial charge in [0, 0.05) is 7.05 Å². The zero-order valence-electron chi connectivity index (χ0n) is 10.4. The second kappa shape index (κ2) is 5.14. The van der Waals surface area contributed by atoms with Crippen molar-refractivity contribution in [1.82, 2.24) is 4.90 Å². The summed E-state index contributed by atoms with van der Waals surface area (Å²) in [6, 6.07) is -0.431. The van der Waals surface area contributed by atoms with E-state index >= 15 is 0 Å². The minimum Gasteiger partial charge on any atom is -0.444 e. The van der Waals surface area contributed by atoms with E-state index in [0.717, 1.165) is 6.29 Å². The van der Waals surface area contributed by atoms with Crippen molar-refractivity contribution in [3.63, 3.8) is 0 Å². The molecule has 0 bridgehead atoms. The first kappa shape index (κ1) is 13.9. The van der Waals surface area contributed by atoms with E-state index in [9.17, 15) is 9.59 Å². The molecule has 0 spiro atoms. The Morgan fingerprint density at radius 3 is 2.07 bits per heavy atom. The number of nitrogens with zero attached hydrogens (tertiary/aromatic N) is 1. The van der Waals surface area contributed by atoms with E-state index in [-0.39, 0.29) is 5.92 Å². The molecule has 0 radical (unpaired) electrons. The van der Waals surface area contributed by atoms with Crippen LogP contribution in [0.25, 0.3) is 0 Å². The van der Waals surface area contributed by atoms with Crippen LogP contribution in [0.5, 0.6) is 0 Å². The van der Waals surface area contributed by atoms with Gasteiger partial charge in [0.25, 0.3) is 0 Å². The van der Waals surface area contributed by atoms with Crippen molar-refractivity contribution in [1.29, 1.82) is 0 Å². The summed E-state index contributed by atoms with van der Waals surface area (Å²) in [6.45, 7) is 9.16. The zero-order valence-corrected chi connectivity index (χ0v) is 10.4. The topological polar surface area (TPSA) is 46.6 Å². The largest absolute Gasteiger partial charge is 0.444 e. The lowest BCUT2D eigenvalue weighted by Crippen LogP contribution is -2.44. The molecule has 0 aromatic heterocycles. The number of hydrogen-bond donors (Lipinski definition) is 0. The average Bonchev–Trinajstić information content (AvgIpc) is 2.01. The molecule has 4 nitrogen and oxygen atoms in total. The van der Waals surface area contributed by atoms with Crippen LogP contribution in [-0.4, -0.2) is 36.0 Å². The lowest BCUT2D eigenvalue weighted by Gasteiger charge is -2.29. The summed E-state index contributed by atoms with van der Waals surface area (Å²) >= 11 is 0. The van der Waals surface area contributed by atoms with Gasteiger partial charge in [-0.15, -0.1) is 0 Å². The Hall–Kier alpha value is -1.06. The van der Waals surface area contributed by atoms with Crippen molar-refractivity contribution in [3.05, 3.63) is 0 Å². The van der Waals surface area contributed by atoms with Gasteiger partial charge in [0.1, 0.15) is 11.9 Å². The van der Waals surface area contributed by atoms with Gasteiger partial charge >= 0.3 is 6.09 Å². The summed E-state index contributed by atoms with van der Waals surface area (Å²) in [6.07, 6.45) is 0.308. The van der Waals surface area contributed by atoms with E-state index in [0.29, 0.717) is 0 Å². The van der Waals surface area contributed by atoms with E-state index in [2.05, 4.69) is 0 Å². The van der Waals surface area contributed by atoms with Crippen molar-refractivity contribution < 1.29 is 14.3 Å². The lowest BCUT2D eigenvalue weighted by atomic mass is 10.1. The highest BCUT2D eigenvalue weighted by Gasteiger charge is 2.26. The van der Waals surface area contributed by atoms with Crippen LogP contribution >= 0.6 is 0 Å². The van der Waals surface area contributed by atoms with Crippen LogP contribution in [0.3, 0.4) is 0 Å². The minimum absolute atomic E-state index is 0.0834. The maximum atomic E-state index is 11.6. The molecule has 0 heterocycles. The Morgan fingerprint density at radius 2 is 1.80 bits per heavy atom. The third kappa shape index (κ3) is 4.81. The van der Waals surface area contributed by atoms with E-state index in [1.165, 1.54) is 4.90 Å². The molecule has 0 aromatic rings. The summed E-state index contributed by atoms with van der Waals surface area (Å²) in [5.41, 5.74) is -0.532. The van der Waals surface area contributed by atoms with Crippen molar-refractivity contribution in [3.8, 4) is 0 Å². The molecule has 0 aliphatic heterocycles. The molecule has 15 heavy (non-hydrogen) atoms. The Labute approximate surface area is 91.6 Å². The van der Waals surface area contributed by atoms with Crippen LogP contribution in [0, 0.1) is 5.92 Å². The molecule has 0 saturated heterocycles. The number of carbonyl (C=O) groups is 2. The fourth-order valence-electron chi connectivity index (χ4n) is 1.15. The Bertz CT molecular complexity index is 230. The molecule has 88 valence electrons. The molecule has 4 heteroatoms. The molecule has 0 aliphatic rings. The number of aldehydes is 1. The fourth-order valence-corrected chi connectivity index (χ4v) is 1.15. The molecule has 0 unspecified atom stereocenters. The van der Waals surface area contributed by atoms with E-state index in [1.807, 2.05) is 13.8 Å². The van der Waals surface area contributed by atoms with Gasteiger partial charge in [-0.2, -0.15) is 0 Å². The second-order valence-electron chi connectivity index (χ2n) is 4.96. The predicted octanol–water partition coefficient (Wildman–Crippen LogP) is 2.08. The summed E-state index contributed by atoms with van der Waals surface area (Å²) in [5, 5.41) is 0. The minimum atomic E-state index is -0.532. The summed E-state index contributed by atoms with van der Waals surface area (Å²) in [5.74, 6) is 0.0834. The van der Waals surface area contributed by atoms with Gasteiger partial charge in [0.15, 0.2) is 0 Å². The molecule has 0 fully saturated rings. The average molecular weight is 215 g/mol. The van der Waals surface area contributed by atoms with Gasteiger partial charge in [0.05, 0.1) is 6.04 Å². The monoisotopic (exact) mass is 215 g/mol. The molecule has 1 atom stereocenters. The Balaban J connectivity index is 4.49. The van der Waals surface area contributed by atoms with Gasteiger partial charge in [0.2, 0.25) is 0 Å². The number of amides is 1. The smallest absolute Gasteiger partial charge is 0.410 e. The van der Waals surface area contributed by atoms with E-state index in [1.54, 1.807) is 27.8 Å². The lowest BCUT2D eigenvalue weighted by molar-refractivity contribution is -0.113. The fraction of sp³-hybridized carbons (Fsp3) is 0.818. The van der Waals surface area contributed by atoms with Crippen molar-refractivity contribution in [2.75, 3.05) is 7.05 Å². The number of rotatable bonds is 3. The van der Waals surface area contributed by atoms with Gasteiger partial charge in [-0.3, -0.25) is 0 Å². The van der Waals surface area contributed by atoms with Gasteiger partial charge < -0.3 is 14.4 Å². The summed E-state index contributed by atoms with van der Waals surface area (Å²) in [4.78, 5) is 23.8. The highest BCUT2D eigenvalue weighted by atomic mass is 16.6. The van der Waals surface area contributed by atoms with Crippen LogP contribution in [0.1, 0.15) is 34.6 Å². The van der Waals surface area contributed by atoms with Crippen LogP contribution in [-0.2, 0) is 9.53 Å². The third-order valence-electron chi connectivity index (χ3n) is 1.95. The molecule has 0 aromatic carbocycles. The number of ether oxygens (including phenoxy) is 1.